The smallest absolute Gasteiger partial charge is 0.00952 e. The van der Waals surface area contributed by atoms with Crippen molar-refractivity contribution >= 4 is 0 Å². The zero-order valence-corrected chi connectivity index (χ0v) is 10.1. The molecule has 2 aliphatic rings. The van der Waals surface area contributed by atoms with Gasteiger partial charge in [-0.15, -0.1) is 0 Å². The van der Waals surface area contributed by atoms with E-state index in [9.17, 15) is 0 Å². The van der Waals surface area contributed by atoms with Crippen LogP contribution in [0.1, 0.15) is 51.9 Å². The molecule has 0 aromatic rings. The Hall–Kier alpha value is -0.0800. The summed E-state index contributed by atoms with van der Waals surface area (Å²) in [7, 11) is 0. The van der Waals surface area contributed by atoms with Crippen LogP contribution in [0.3, 0.4) is 0 Å². The Balaban J connectivity index is 1.79. The molecule has 88 valence electrons. The average Bonchev–Trinajstić information content (AvgIpc) is 2.85. The third-order valence-corrected chi connectivity index (χ3v) is 4.32. The fourth-order valence-electron chi connectivity index (χ4n) is 3.42. The van der Waals surface area contributed by atoms with Gasteiger partial charge >= 0.3 is 0 Å². The minimum Gasteiger partial charge on any atom is -0.328 e. The minimum absolute atomic E-state index is 0.497. The number of hydrogen-bond acceptors (Lipinski definition) is 2. The van der Waals surface area contributed by atoms with E-state index >= 15 is 0 Å². The van der Waals surface area contributed by atoms with Crippen LogP contribution in [0.4, 0.5) is 0 Å². The normalized spacial score (nSPS) is 33.0. The van der Waals surface area contributed by atoms with E-state index in [-0.39, 0.29) is 0 Å². The van der Waals surface area contributed by atoms with Crippen LogP contribution in [0.2, 0.25) is 0 Å². The van der Waals surface area contributed by atoms with Crippen molar-refractivity contribution in [1.82, 2.24) is 4.90 Å². The molecule has 2 aliphatic carbocycles. The molecule has 0 heterocycles. The summed E-state index contributed by atoms with van der Waals surface area (Å²) in [5.41, 5.74) is 5.98. The highest BCUT2D eigenvalue weighted by molar-refractivity contribution is 4.83. The third kappa shape index (κ3) is 2.94. The summed E-state index contributed by atoms with van der Waals surface area (Å²) < 4.78 is 0. The fourth-order valence-corrected chi connectivity index (χ4v) is 3.42. The molecule has 2 rings (SSSR count). The van der Waals surface area contributed by atoms with E-state index in [4.69, 9.17) is 5.73 Å². The summed E-state index contributed by atoms with van der Waals surface area (Å²) in [6.45, 7) is 4.86. The van der Waals surface area contributed by atoms with Gasteiger partial charge in [0.15, 0.2) is 0 Å². The predicted molar refractivity (Wildman–Crippen MR) is 64.8 cm³/mol. The molecule has 0 aromatic carbocycles. The van der Waals surface area contributed by atoms with Crippen LogP contribution in [0, 0.1) is 5.92 Å². The number of nitrogens with two attached hydrogens (primary N) is 1. The van der Waals surface area contributed by atoms with E-state index in [2.05, 4.69) is 11.8 Å². The Morgan fingerprint density at radius 1 is 1.13 bits per heavy atom. The highest BCUT2D eigenvalue weighted by Crippen LogP contribution is 2.29. The number of hydrogen-bond donors (Lipinski definition) is 1. The van der Waals surface area contributed by atoms with Gasteiger partial charge in [0.05, 0.1) is 0 Å². The van der Waals surface area contributed by atoms with E-state index in [0.717, 1.165) is 12.0 Å². The van der Waals surface area contributed by atoms with E-state index < -0.39 is 0 Å². The van der Waals surface area contributed by atoms with Gasteiger partial charge in [-0.2, -0.15) is 0 Å². The van der Waals surface area contributed by atoms with Gasteiger partial charge in [0, 0.05) is 18.6 Å². The highest BCUT2D eigenvalue weighted by Gasteiger charge is 2.27. The molecular formula is C13H26N2. The summed E-state index contributed by atoms with van der Waals surface area (Å²) in [4.78, 5) is 2.72. The predicted octanol–water partition coefficient (Wildman–Crippen LogP) is 2.38. The molecule has 0 saturated heterocycles. The maximum absolute atomic E-state index is 5.98. The van der Waals surface area contributed by atoms with Crippen molar-refractivity contribution in [2.45, 2.75) is 64.0 Å². The minimum atomic E-state index is 0.497. The maximum Gasteiger partial charge on any atom is 0.00952 e. The summed E-state index contributed by atoms with van der Waals surface area (Å²) in [5.74, 6) is 0.889. The largest absolute Gasteiger partial charge is 0.328 e. The van der Waals surface area contributed by atoms with Crippen molar-refractivity contribution in [1.29, 1.82) is 0 Å². The summed E-state index contributed by atoms with van der Waals surface area (Å²) in [6.07, 6.45) is 9.66. The standard InChI is InChI=1S/C13H26N2/c1-2-15(13-5-3-4-6-13)10-11-7-8-12(14)9-11/h11-13H,2-10,14H2,1H3. The lowest BCUT2D eigenvalue weighted by Crippen LogP contribution is -2.36. The Bertz CT molecular complexity index is 187. The van der Waals surface area contributed by atoms with E-state index in [1.165, 1.54) is 58.0 Å². The molecule has 0 amide bonds. The van der Waals surface area contributed by atoms with Gasteiger partial charge < -0.3 is 10.6 Å². The van der Waals surface area contributed by atoms with Crippen molar-refractivity contribution in [2.75, 3.05) is 13.1 Å². The van der Waals surface area contributed by atoms with Crippen molar-refractivity contribution in [3.05, 3.63) is 0 Å². The fraction of sp³-hybridized carbons (Fsp3) is 1.00. The summed E-state index contributed by atoms with van der Waals surface area (Å²) in [6, 6.07) is 1.39. The van der Waals surface area contributed by atoms with Gasteiger partial charge in [0.2, 0.25) is 0 Å². The molecule has 2 N–H and O–H groups in total. The Labute approximate surface area is 94.2 Å². The van der Waals surface area contributed by atoms with Crippen LogP contribution in [0.5, 0.6) is 0 Å². The van der Waals surface area contributed by atoms with Crippen LogP contribution in [0.15, 0.2) is 0 Å². The lowest BCUT2D eigenvalue weighted by Gasteiger charge is -2.30. The number of rotatable bonds is 4. The maximum atomic E-state index is 5.98. The topological polar surface area (TPSA) is 29.3 Å². The first-order valence-electron chi connectivity index (χ1n) is 6.79. The van der Waals surface area contributed by atoms with Crippen LogP contribution >= 0.6 is 0 Å². The van der Waals surface area contributed by atoms with Crippen molar-refractivity contribution < 1.29 is 0 Å². The molecule has 0 radical (unpaired) electrons. The van der Waals surface area contributed by atoms with E-state index in [1.54, 1.807) is 0 Å². The molecule has 0 bridgehead atoms. The van der Waals surface area contributed by atoms with E-state index in [0.29, 0.717) is 6.04 Å². The van der Waals surface area contributed by atoms with Gasteiger partial charge in [-0.1, -0.05) is 19.8 Å². The molecule has 2 heteroatoms. The second kappa shape index (κ2) is 5.31. The second-order valence-electron chi connectivity index (χ2n) is 5.46. The molecule has 0 aliphatic heterocycles. The quantitative estimate of drug-likeness (QED) is 0.772. The van der Waals surface area contributed by atoms with Crippen LogP contribution in [-0.2, 0) is 0 Å². The molecule has 15 heavy (non-hydrogen) atoms. The molecule has 2 unspecified atom stereocenters. The molecular weight excluding hydrogens is 184 g/mol. The average molecular weight is 210 g/mol. The van der Waals surface area contributed by atoms with E-state index in [1.807, 2.05) is 0 Å². The van der Waals surface area contributed by atoms with Crippen molar-refractivity contribution in [2.24, 2.45) is 11.7 Å². The Kier molecular flexibility index (Phi) is 4.04. The monoisotopic (exact) mass is 210 g/mol. The SMILES string of the molecule is CCN(CC1CCC(N)C1)C1CCCC1. The zero-order chi connectivity index (χ0) is 10.7. The van der Waals surface area contributed by atoms with Gasteiger partial charge in [0.1, 0.15) is 0 Å². The van der Waals surface area contributed by atoms with Crippen LogP contribution < -0.4 is 5.73 Å². The number of nitrogens with zero attached hydrogens (tertiary/aromatic N) is 1. The van der Waals surface area contributed by atoms with Crippen LogP contribution in [-0.4, -0.2) is 30.1 Å². The van der Waals surface area contributed by atoms with Crippen molar-refractivity contribution in [3.63, 3.8) is 0 Å². The second-order valence-corrected chi connectivity index (χ2v) is 5.46. The van der Waals surface area contributed by atoms with Gasteiger partial charge in [-0.3, -0.25) is 0 Å². The molecule has 0 spiro atoms. The summed E-state index contributed by atoms with van der Waals surface area (Å²) >= 11 is 0. The molecule has 0 aromatic heterocycles. The lowest BCUT2D eigenvalue weighted by atomic mass is 10.1. The first-order chi connectivity index (χ1) is 7.29. The Morgan fingerprint density at radius 2 is 1.87 bits per heavy atom. The molecule has 2 nitrogen and oxygen atoms in total. The van der Waals surface area contributed by atoms with Crippen LogP contribution in [0.25, 0.3) is 0 Å². The first kappa shape index (κ1) is 11.4. The van der Waals surface area contributed by atoms with Gasteiger partial charge in [0.25, 0.3) is 0 Å². The summed E-state index contributed by atoms with van der Waals surface area (Å²) in [5, 5.41) is 0. The first-order valence-corrected chi connectivity index (χ1v) is 6.79. The molecule has 2 fully saturated rings. The van der Waals surface area contributed by atoms with Gasteiger partial charge in [-0.25, -0.2) is 0 Å². The lowest BCUT2D eigenvalue weighted by molar-refractivity contribution is 0.177. The Morgan fingerprint density at radius 3 is 2.40 bits per heavy atom. The highest BCUT2D eigenvalue weighted by atomic mass is 15.2. The van der Waals surface area contributed by atoms with Crippen molar-refractivity contribution in [3.8, 4) is 0 Å². The molecule has 2 atom stereocenters. The van der Waals surface area contributed by atoms with Gasteiger partial charge in [-0.05, 0) is 44.6 Å². The zero-order valence-electron chi connectivity index (χ0n) is 10.1. The third-order valence-electron chi connectivity index (χ3n) is 4.32. The molecule has 2 saturated carbocycles.